The third-order valence-electron chi connectivity index (χ3n) is 18.7. The van der Waals surface area contributed by atoms with Crippen LogP contribution < -0.4 is 14.8 Å². The molecule has 124 heavy (non-hydrogen) atoms. The molecule has 0 saturated carbocycles. The molecule has 4 fully saturated rings. The van der Waals surface area contributed by atoms with E-state index in [0.29, 0.717) is 13.1 Å². The molecule has 12 rings (SSSR count). The number of nitrogens with one attached hydrogen (secondary N) is 1. The summed E-state index contributed by atoms with van der Waals surface area (Å²) in [6.07, 6.45) is -13.1. The molecule has 4 aliphatic heterocycles. The number of piperazine rings is 2. The predicted molar refractivity (Wildman–Crippen MR) is 443 cm³/mol. The number of benzene rings is 8. The minimum Gasteiger partial charge on any atom is -0.561 e. The summed E-state index contributed by atoms with van der Waals surface area (Å²) in [5.74, 6) is -5.41. The summed E-state index contributed by atoms with van der Waals surface area (Å²) in [6.45, 7) is 5.56. The van der Waals surface area contributed by atoms with Gasteiger partial charge in [-0.2, -0.15) is 0 Å². The maximum absolute atomic E-state index is 13.2. The molecule has 0 bridgehead atoms. The molecule has 8 aromatic rings. The molecule has 0 spiro atoms. The Morgan fingerprint density at radius 3 is 1.10 bits per heavy atom. The zero-order valence-corrected chi connectivity index (χ0v) is 79.4. The van der Waals surface area contributed by atoms with E-state index >= 15 is 0 Å². The van der Waals surface area contributed by atoms with E-state index in [9.17, 15) is 68.8 Å². The molecule has 4 saturated heterocycles. The summed E-state index contributed by atoms with van der Waals surface area (Å²) in [6, 6.07) is 59.6. The first kappa shape index (κ1) is 106. The van der Waals surface area contributed by atoms with E-state index in [2.05, 4.69) is 5.32 Å². The van der Waals surface area contributed by atoms with Crippen LogP contribution in [-0.4, -0.2) is 233 Å². The number of ether oxygens (including phenoxy) is 12. The number of hydrogen-bond acceptors (Lipinski definition) is 27. The van der Waals surface area contributed by atoms with Gasteiger partial charge in [0.25, 0.3) is 5.91 Å². The molecule has 2 radical (unpaired) electrons. The number of esters is 4. The first-order valence-corrected chi connectivity index (χ1v) is 38.9. The van der Waals surface area contributed by atoms with Gasteiger partial charge in [0.15, 0.2) is 49.5 Å². The predicted octanol–water partition coefficient (Wildman–Crippen LogP) is 9.19. The normalized spacial score (nSPS) is 19.2. The first-order valence-electron chi connectivity index (χ1n) is 37.8. The number of carbonyl (C=O) groups is 8. The number of alkyl halides is 2. The Labute approximate surface area is 798 Å². The van der Waals surface area contributed by atoms with Gasteiger partial charge in [0.05, 0.1) is 52.7 Å². The Balaban J connectivity index is 0.000000380. The summed E-state index contributed by atoms with van der Waals surface area (Å²) in [5, 5.41) is 57.5. The Morgan fingerprint density at radius 1 is 0.452 bits per heavy atom. The van der Waals surface area contributed by atoms with Crippen molar-refractivity contribution in [1.82, 2.24) is 20.0 Å². The minimum atomic E-state index is -1.52. The van der Waals surface area contributed by atoms with Crippen molar-refractivity contribution in [2.24, 2.45) is 0 Å². The smallest absolute Gasteiger partial charge is 0.549 e. The Bertz CT molecular complexity index is 4660. The number of hydrogen-bond donors (Lipinski definition) is 3. The number of aliphatic hydroxyl groups is 2. The largest absolute Gasteiger partial charge is 0.561 e. The molecule has 10 atom stereocenters. The third kappa shape index (κ3) is 33.1. The number of nitro groups is 2. The van der Waals surface area contributed by atoms with E-state index in [1.807, 2.05) is 126 Å². The molecular formula is C87H97Ac2Cl2N6O27-. The number of rotatable bonds is 30. The Hall–Kier alpha value is -8.98. The molecule has 4 heterocycles. The van der Waals surface area contributed by atoms with Gasteiger partial charge in [0, 0.05) is 177 Å². The molecule has 4 unspecified atom stereocenters. The van der Waals surface area contributed by atoms with Gasteiger partial charge in [0.2, 0.25) is 11.8 Å². The van der Waals surface area contributed by atoms with Crippen molar-refractivity contribution in [3.8, 4) is 11.5 Å². The molecular weight excluding hydrogens is 2090 g/mol. The van der Waals surface area contributed by atoms with Crippen molar-refractivity contribution < 1.29 is 208 Å². The Kier molecular flexibility index (Phi) is 47.2. The molecule has 4 aliphatic rings. The number of aliphatic hydroxyl groups excluding tert-OH is 2. The third-order valence-corrected chi connectivity index (χ3v) is 18.7. The number of amides is 3. The minimum absolute atomic E-state index is 0. The number of nitrogens with zero attached hydrogens (tertiary/aromatic N) is 5. The fourth-order valence-corrected chi connectivity index (χ4v) is 12.5. The monoisotopic (exact) mass is 2180 g/mol. The van der Waals surface area contributed by atoms with Crippen molar-refractivity contribution in [2.45, 2.75) is 102 Å². The van der Waals surface area contributed by atoms with E-state index in [0.717, 1.165) is 72.7 Å². The van der Waals surface area contributed by atoms with Gasteiger partial charge in [-0.25, -0.2) is 19.2 Å². The average molecular weight is 2180 g/mol. The molecule has 0 aliphatic carbocycles. The summed E-state index contributed by atoms with van der Waals surface area (Å²) in [7, 11) is 0. The maximum atomic E-state index is 13.2. The van der Waals surface area contributed by atoms with E-state index in [1.165, 1.54) is 24.0 Å². The second kappa shape index (κ2) is 55.5. The van der Waals surface area contributed by atoms with E-state index < -0.39 is 145 Å². The molecule has 658 valence electrons. The van der Waals surface area contributed by atoms with Crippen LogP contribution in [0.4, 0.5) is 11.4 Å². The van der Waals surface area contributed by atoms with Gasteiger partial charge in [0.1, 0.15) is 55.4 Å². The van der Waals surface area contributed by atoms with E-state index in [1.54, 1.807) is 72.5 Å². The number of carbonyl (C=O) groups excluding carboxylic acids is 8. The van der Waals surface area contributed by atoms with Crippen LogP contribution >= 0.6 is 23.2 Å². The van der Waals surface area contributed by atoms with Gasteiger partial charge in [-0.1, -0.05) is 158 Å². The maximum Gasteiger partial charge on any atom is 0.549 e. The van der Waals surface area contributed by atoms with E-state index in [4.69, 9.17) is 85.2 Å². The SMILES string of the molecule is CC(=O)N1CCN(C(=O)c2ccc(OCC(=O)OCC3O[C@H](OCc4ccccc4)C(OC(=O)c4ccccc4)[C@@H](O)[C@H]3OCc3ccccc3)c([N+](=O)[O-])c2)CC1.CC(=O)N1CCNCC1.ClCCl.O=C(COc1ccc(C(=O)[OH2+])cc1[N+](=O)[O-])OCC1O[C@@H](OCc2ccccc2)C(OC(=O)c2ccccc2)[C@@H](O)[C@@H]1OCc1ccccc1.[Ac].[Ac].[CH3-].[CH3-]. The first-order chi connectivity index (χ1) is 58.0. The summed E-state index contributed by atoms with van der Waals surface area (Å²) in [4.78, 5) is 126. The molecule has 33 nitrogen and oxygen atoms in total. The zero-order valence-electron chi connectivity index (χ0n) is 68.4. The summed E-state index contributed by atoms with van der Waals surface area (Å²) in [5.41, 5.74) is 2.23. The van der Waals surface area contributed by atoms with Crippen LogP contribution in [0.5, 0.6) is 11.5 Å². The van der Waals surface area contributed by atoms with Crippen LogP contribution in [0.15, 0.2) is 218 Å². The standard InChI is InChI=1S/C42H43N3O13.C36H33NO13.C6H12N2O.CH2Cl2.2CH3.2Ac/c1-28(46)43-19-21-44(22-20-43)40(49)32-17-18-34(33(23-32)45(51)52)53-27-36(47)54-26-35-38(55-24-29-11-5-2-6-12-29)37(48)39(58-41(50)31-15-9-4-10-16-31)42(57-35)56-25-30-13-7-3-8-14-30;38-30(22-45-28-17-16-26(34(40)41)18-27(28)37(43)44)46-21-29-32(47-19-23-10-4-1-5-11-23)31(39)33(50-35(42)25-14-8-3-9-15-25)36(49-29)48-20-24-12-6-2-7-13-24;1-6(9)8-4-2-7-3-5-8;2-1-3;;;;/h2-18,23,35,37-39,42,48H,19-22,24-27H2,1H3;1-18,29,31-33,36,39H,19-22H2,(H,40,41);7H,2-5H2,1H3;1H2;2*1H3;;/q;;;;2*-1;;/p+1/t35?,37-,38-,39?,42-;29?,31-,32+,33?,36+;;;;;;/m00....../s1. The van der Waals surface area contributed by atoms with Crippen LogP contribution in [-0.2, 0) is 93.0 Å². The van der Waals surface area contributed by atoms with Gasteiger partial charge in [-0.3, -0.25) is 34.6 Å². The van der Waals surface area contributed by atoms with Crippen LogP contribution in [0.2, 0.25) is 0 Å². The van der Waals surface area contributed by atoms with Crippen LogP contribution in [0.3, 0.4) is 0 Å². The van der Waals surface area contributed by atoms with Gasteiger partial charge in [-0.05, 0) is 70.8 Å². The molecule has 8 aromatic carbocycles. The van der Waals surface area contributed by atoms with Crippen molar-refractivity contribution in [3.63, 3.8) is 0 Å². The van der Waals surface area contributed by atoms with Gasteiger partial charge >= 0.3 is 41.2 Å². The van der Waals surface area contributed by atoms with E-state index in [-0.39, 0.29) is 193 Å². The van der Waals surface area contributed by atoms with Crippen LogP contribution in [0.25, 0.3) is 0 Å². The number of halogens is 2. The fraction of sp³-hybridized carbons (Fsp3) is 0.333. The van der Waals surface area contributed by atoms with Crippen LogP contribution in [0.1, 0.15) is 77.5 Å². The van der Waals surface area contributed by atoms with Gasteiger partial charge < -0.3 is 107 Å². The second-order valence-electron chi connectivity index (χ2n) is 27.0. The summed E-state index contributed by atoms with van der Waals surface area (Å²) >= 11 is 9.53. The topological polar surface area (TPSA) is 419 Å². The Morgan fingerprint density at radius 2 is 0.766 bits per heavy atom. The van der Waals surface area contributed by atoms with Crippen molar-refractivity contribution in [2.75, 3.05) is 84.1 Å². The quantitative estimate of drug-likeness (QED) is 0.00717. The van der Waals surface area contributed by atoms with Crippen molar-refractivity contribution >= 4 is 82.1 Å². The second-order valence-corrected chi connectivity index (χ2v) is 27.8. The molecule has 37 heteroatoms. The summed E-state index contributed by atoms with van der Waals surface area (Å²) < 4.78 is 70.0. The van der Waals surface area contributed by atoms with Crippen molar-refractivity contribution in [3.05, 3.63) is 298 Å². The molecule has 3 amide bonds. The average Bonchev–Trinajstić information content (AvgIpc) is 0.796. The van der Waals surface area contributed by atoms with Gasteiger partial charge in [-0.15, -0.1) is 23.2 Å². The number of nitro benzene ring substituents is 2. The zero-order chi connectivity index (χ0) is 85.9. The molecule has 5 N–H and O–H groups in total. The molecule has 0 aromatic heterocycles. The fourth-order valence-electron chi connectivity index (χ4n) is 12.5. The van der Waals surface area contributed by atoms with Crippen molar-refractivity contribution in [1.29, 1.82) is 0 Å². The van der Waals surface area contributed by atoms with Crippen LogP contribution in [0, 0.1) is 123 Å².